The summed E-state index contributed by atoms with van der Waals surface area (Å²) < 4.78 is 39.2. The van der Waals surface area contributed by atoms with Gasteiger partial charge in [-0.1, -0.05) is 32.9 Å². The fraction of sp³-hybridized carbons (Fsp3) is 0.385. The van der Waals surface area contributed by atoms with E-state index in [-0.39, 0.29) is 28.2 Å². The number of esters is 1. The van der Waals surface area contributed by atoms with Crippen molar-refractivity contribution < 1.29 is 22.4 Å². The Labute approximate surface area is 201 Å². The molecular weight excluding hydrogens is 452 g/mol. The zero-order valence-electron chi connectivity index (χ0n) is 21.0. The number of sulfonamides is 1. The smallest absolute Gasteiger partial charge is 0.338 e. The Morgan fingerprint density at radius 2 is 1.71 bits per heavy atom. The quantitative estimate of drug-likeness (QED) is 0.425. The number of anilines is 1. The van der Waals surface area contributed by atoms with Crippen LogP contribution in [0, 0.1) is 20.8 Å². The van der Waals surface area contributed by atoms with Crippen LogP contribution in [0.3, 0.4) is 0 Å². The minimum atomic E-state index is -4.02. The Morgan fingerprint density at radius 1 is 1.09 bits per heavy atom. The van der Waals surface area contributed by atoms with E-state index < -0.39 is 16.0 Å². The second-order valence-corrected chi connectivity index (χ2v) is 11.2. The van der Waals surface area contributed by atoms with Crippen LogP contribution in [-0.2, 0) is 20.2 Å². The van der Waals surface area contributed by atoms with Crippen molar-refractivity contribution in [2.45, 2.75) is 58.8 Å². The van der Waals surface area contributed by atoms with Gasteiger partial charge in [0.2, 0.25) is 5.89 Å². The van der Waals surface area contributed by atoms with Gasteiger partial charge in [0.05, 0.1) is 17.6 Å². The summed E-state index contributed by atoms with van der Waals surface area (Å²) in [6.07, 6.45) is 0. The van der Waals surface area contributed by atoms with Gasteiger partial charge in [-0.25, -0.2) is 17.5 Å². The summed E-state index contributed by atoms with van der Waals surface area (Å²) in [5.41, 5.74) is 3.51. The van der Waals surface area contributed by atoms with Gasteiger partial charge in [-0.15, -0.1) is 0 Å². The number of hydrogen-bond donors (Lipinski definition) is 0. The number of aryl methyl sites for hydroxylation is 2. The summed E-state index contributed by atoms with van der Waals surface area (Å²) in [5, 5.41) is 0. The first kappa shape index (κ1) is 25.5. The molecule has 2 aromatic carbocycles. The number of ether oxygens (including phenoxy) is 1. The Bertz CT molecular complexity index is 1320. The summed E-state index contributed by atoms with van der Waals surface area (Å²) in [6.45, 7) is 13.5. The van der Waals surface area contributed by atoms with Gasteiger partial charge in [0.1, 0.15) is 5.76 Å². The molecule has 0 N–H and O–H groups in total. The number of oxazole rings is 1. The number of rotatable bonds is 6. The molecule has 0 saturated heterocycles. The number of aromatic nitrogens is 1. The van der Waals surface area contributed by atoms with E-state index in [1.165, 1.54) is 23.0 Å². The highest BCUT2D eigenvalue weighted by atomic mass is 32.2. The molecule has 0 bridgehead atoms. The van der Waals surface area contributed by atoms with Crippen LogP contribution >= 0.6 is 0 Å². The van der Waals surface area contributed by atoms with E-state index >= 15 is 0 Å². The average Bonchev–Trinajstić information content (AvgIpc) is 3.15. The monoisotopic (exact) mass is 484 g/mol. The first-order valence-electron chi connectivity index (χ1n) is 11.1. The predicted octanol–water partition coefficient (Wildman–Crippen LogP) is 5.57. The minimum absolute atomic E-state index is 0.00340. The average molecular weight is 485 g/mol. The number of carbonyl (C=O) groups excluding carboxylic acids is 1. The maximum atomic E-state index is 13.6. The highest BCUT2D eigenvalue weighted by Gasteiger charge is 2.30. The highest BCUT2D eigenvalue weighted by molar-refractivity contribution is 7.92. The van der Waals surface area contributed by atoms with E-state index in [1.807, 2.05) is 24.3 Å². The largest absolute Gasteiger partial charge is 0.465 e. The van der Waals surface area contributed by atoms with Gasteiger partial charge in [0, 0.05) is 12.1 Å². The van der Waals surface area contributed by atoms with Gasteiger partial charge in [0.15, 0.2) is 5.82 Å². The molecule has 0 fully saturated rings. The predicted molar refractivity (Wildman–Crippen MR) is 133 cm³/mol. The number of carbonyl (C=O) groups is 1. The normalized spacial score (nSPS) is 12.0. The Balaban J connectivity index is 2.05. The zero-order valence-corrected chi connectivity index (χ0v) is 21.8. The molecule has 0 amide bonds. The number of nitrogens with zero attached hydrogens (tertiary/aromatic N) is 2. The van der Waals surface area contributed by atoms with Crippen LogP contribution < -0.4 is 4.31 Å². The molecule has 7 nitrogen and oxygen atoms in total. The van der Waals surface area contributed by atoms with E-state index in [4.69, 9.17) is 9.15 Å². The van der Waals surface area contributed by atoms with Gasteiger partial charge in [0.25, 0.3) is 10.0 Å². The topological polar surface area (TPSA) is 89.7 Å². The van der Waals surface area contributed by atoms with E-state index in [9.17, 15) is 13.2 Å². The van der Waals surface area contributed by atoms with E-state index in [2.05, 4.69) is 25.8 Å². The second-order valence-electron chi connectivity index (χ2n) is 9.30. The highest BCUT2D eigenvalue weighted by Crippen LogP contribution is 2.33. The summed E-state index contributed by atoms with van der Waals surface area (Å²) >= 11 is 0. The molecule has 0 aliphatic rings. The van der Waals surface area contributed by atoms with Crippen LogP contribution in [0.1, 0.15) is 60.5 Å². The van der Waals surface area contributed by atoms with E-state index in [1.54, 1.807) is 33.8 Å². The molecule has 0 aliphatic carbocycles. The summed E-state index contributed by atoms with van der Waals surface area (Å²) in [6, 6.07) is 10.8. The summed E-state index contributed by atoms with van der Waals surface area (Å²) in [4.78, 5) is 16.8. The van der Waals surface area contributed by atoms with Crippen LogP contribution in [-0.4, -0.2) is 33.0 Å². The van der Waals surface area contributed by atoms with E-state index in [0.717, 1.165) is 5.56 Å². The van der Waals surface area contributed by atoms with E-state index in [0.29, 0.717) is 22.8 Å². The molecule has 0 aliphatic heterocycles. The molecule has 8 heteroatoms. The Kier molecular flexibility index (Phi) is 6.94. The van der Waals surface area contributed by atoms with Crippen molar-refractivity contribution in [1.82, 2.24) is 4.98 Å². The first-order chi connectivity index (χ1) is 15.8. The van der Waals surface area contributed by atoms with Crippen molar-refractivity contribution in [1.29, 1.82) is 0 Å². The molecule has 3 rings (SSSR count). The van der Waals surface area contributed by atoms with Crippen molar-refractivity contribution in [3.05, 3.63) is 64.4 Å². The standard InChI is InChI=1S/C26H32N2O5S/c1-9-28(34(30,31)21-14-16(2)17(3)22(15-21)25(29)32-8)23-18(4)33-24(27-23)19-10-12-20(13-11-19)26(5,6)7/h10-15H,9H2,1-8H3. The number of benzene rings is 2. The SMILES string of the molecule is CCN(c1nc(-c2ccc(C(C)(C)C)cc2)oc1C)S(=O)(=O)c1cc(C)c(C)c(C(=O)OC)c1. The molecule has 0 unspecified atom stereocenters. The van der Waals surface area contributed by atoms with Gasteiger partial charge >= 0.3 is 5.97 Å². The number of methoxy groups -OCH3 is 1. The lowest BCUT2D eigenvalue weighted by Gasteiger charge is -2.22. The minimum Gasteiger partial charge on any atom is -0.465 e. The third kappa shape index (κ3) is 4.73. The molecule has 34 heavy (non-hydrogen) atoms. The van der Waals surface area contributed by atoms with Crippen molar-refractivity contribution in [2.24, 2.45) is 0 Å². The Morgan fingerprint density at radius 3 is 2.24 bits per heavy atom. The van der Waals surface area contributed by atoms with Crippen LogP contribution in [0.4, 0.5) is 5.82 Å². The molecule has 0 spiro atoms. The van der Waals surface area contributed by atoms with Gasteiger partial charge in [-0.2, -0.15) is 4.98 Å². The number of hydrogen-bond acceptors (Lipinski definition) is 6. The van der Waals surface area contributed by atoms with Crippen LogP contribution in [0.2, 0.25) is 0 Å². The van der Waals surface area contributed by atoms with Crippen LogP contribution in [0.25, 0.3) is 11.5 Å². The zero-order chi connectivity index (χ0) is 25.4. The lowest BCUT2D eigenvalue weighted by molar-refractivity contribution is 0.0599. The van der Waals surface area contributed by atoms with Crippen molar-refractivity contribution in [3.63, 3.8) is 0 Å². The summed E-state index contributed by atoms with van der Waals surface area (Å²) in [7, 11) is -2.75. The molecule has 0 atom stereocenters. The third-order valence-corrected chi connectivity index (χ3v) is 7.77. The maximum absolute atomic E-state index is 13.6. The molecule has 0 radical (unpaired) electrons. The van der Waals surface area contributed by atoms with Crippen molar-refractivity contribution >= 4 is 21.8 Å². The molecule has 3 aromatic rings. The Hall–Kier alpha value is -3.13. The molecule has 0 saturated carbocycles. The van der Waals surface area contributed by atoms with Crippen molar-refractivity contribution in [2.75, 3.05) is 18.0 Å². The van der Waals surface area contributed by atoms with Crippen LogP contribution in [0.15, 0.2) is 45.7 Å². The fourth-order valence-electron chi connectivity index (χ4n) is 3.71. The van der Waals surface area contributed by atoms with Gasteiger partial charge in [-0.05, 0) is 74.1 Å². The second kappa shape index (κ2) is 9.25. The third-order valence-electron chi connectivity index (χ3n) is 5.93. The molecular formula is C26H32N2O5S. The van der Waals surface area contributed by atoms with Crippen LogP contribution in [0.5, 0.6) is 0 Å². The fourth-order valence-corrected chi connectivity index (χ4v) is 5.30. The first-order valence-corrected chi connectivity index (χ1v) is 12.6. The lowest BCUT2D eigenvalue weighted by Crippen LogP contribution is -2.32. The summed E-state index contributed by atoms with van der Waals surface area (Å²) in [5.74, 6) is 0.365. The molecule has 182 valence electrons. The van der Waals surface area contributed by atoms with Gasteiger partial charge < -0.3 is 9.15 Å². The lowest BCUT2D eigenvalue weighted by atomic mass is 9.87. The molecule has 1 heterocycles. The molecule has 1 aromatic heterocycles. The van der Waals surface area contributed by atoms with Crippen molar-refractivity contribution in [3.8, 4) is 11.5 Å². The maximum Gasteiger partial charge on any atom is 0.338 e. The van der Waals surface area contributed by atoms with Gasteiger partial charge in [-0.3, -0.25) is 0 Å².